The number of aromatic nitrogens is 1. The third-order valence-electron chi connectivity index (χ3n) is 5.02. The number of benzene rings is 1. The summed E-state index contributed by atoms with van der Waals surface area (Å²) in [4.78, 5) is 19.3. The molecule has 0 radical (unpaired) electrons. The maximum absolute atomic E-state index is 13.0. The van der Waals surface area contributed by atoms with Crippen molar-refractivity contribution >= 4 is 17.4 Å². The number of piperidine rings is 1. The van der Waals surface area contributed by atoms with Crippen LogP contribution >= 0.6 is 0 Å². The molecule has 27 heavy (non-hydrogen) atoms. The third kappa shape index (κ3) is 4.32. The number of nitrogens with one attached hydrogen (secondary N) is 1. The predicted molar refractivity (Wildman–Crippen MR) is 106 cm³/mol. The molecular weight excluding hydrogens is 342 g/mol. The summed E-state index contributed by atoms with van der Waals surface area (Å²) in [5.41, 5.74) is 1.47. The zero-order valence-electron chi connectivity index (χ0n) is 16.2. The normalized spacial score (nSPS) is 16.7. The summed E-state index contributed by atoms with van der Waals surface area (Å²) in [6.45, 7) is 2.98. The highest BCUT2D eigenvalue weighted by Gasteiger charge is 2.26. The molecule has 3 rings (SSSR count). The van der Waals surface area contributed by atoms with Crippen molar-refractivity contribution in [3.63, 3.8) is 0 Å². The average Bonchev–Trinajstić information content (AvgIpc) is 2.73. The maximum atomic E-state index is 13.0. The van der Waals surface area contributed by atoms with Crippen molar-refractivity contribution < 1.29 is 14.3 Å². The summed E-state index contributed by atoms with van der Waals surface area (Å²) in [5, 5.41) is 3.24. The van der Waals surface area contributed by atoms with Gasteiger partial charge in [0.05, 0.1) is 14.2 Å². The molecule has 1 atom stereocenters. The zero-order chi connectivity index (χ0) is 19.2. The van der Waals surface area contributed by atoms with Crippen LogP contribution in [0, 0.1) is 0 Å². The van der Waals surface area contributed by atoms with Gasteiger partial charge in [0.2, 0.25) is 0 Å². The van der Waals surface area contributed by atoms with Crippen molar-refractivity contribution in [1.82, 2.24) is 9.88 Å². The van der Waals surface area contributed by atoms with Crippen LogP contribution in [0.5, 0.6) is 11.5 Å². The number of likely N-dealkylation sites (tertiary alicyclic amines) is 1. The van der Waals surface area contributed by atoms with E-state index < -0.39 is 0 Å². The summed E-state index contributed by atoms with van der Waals surface area (Å²) >= 11 is 0. The van der Waals surface area contributed by atoms with Crippen molar-refractivity contribution in [3.8, 4) is 11.5 Å². The molecule has 1 saturated heterocycles. The van der Waals surface area contributed by atoms with E-state index in [2.05, 4.69) is 17.2 Å². The number of methoxy groups -OCH3 is 2. The molecule has 1 amide bonds. The van der Waals surface area contributed by atoms with Crippen LogP contribution in [0.2, 0.25) is 0 Å². The lowest BCUT2D eigenvalue weighted by Crippen LogP contribution is -2.43. The number of hydrogen-bond acceptors (Lipinski definition) is 5. The first-order valence-electron chi connectivity index (χ1n) is 9.42. The molecule has 0 spiro atoms. The Kier molecular flexibility index (Phi) is 6.16. The summed E-state index contributed by atoms with van der Waals surface area (Å²) < 4.78 is 10.6. The summed E-state index contributed by atoms with van der Waals surface area (Å²) in [7, 11) is 3.20. The zero-order valence-corrected chi connectivity index (χ0v) is 16.2. The lowest BCUT2D eigenvalue weighted by molar-refractivity contribution is 0.0608. The number of carbonyl (C=O) groups is 1. The molecule has 6 nitrogen and oxygen atoms in total. The second-order valence-electron chi connectivity index (χ2n) is 6.68. The van der Waals surface area contributed by atoms with Crippen LogP contribution in [0.1, 0.15) is 43.0 Å². The maximum Gasteiger partial charge on any atom is 0.254 e. The molecule has 1 aliphatic heterocycles. The summed E-state index contributed by atoms with van der Waals surface area (Å²) in [6.07, 6.45) is 6.02. The van der Waals surface area contributed by atoms with Gasteiger partial charge in [-0.25, -0.2) is 4.98 Å². The second kappa shape index (κ2) is 8.75. The molecule has 144 valence electrons. The average molecular weight is 369 g/mol. The molecular formula is C21H27N3O3. The molecule has 1 aromatic carbocycles. The van der Waals surface area contributed by atoms with E-state index in [4.69, 9.17) is 9.47 Å². The number of ether oxygens (including phenoxy) is 2. The van der Waals surface area contributed by atoms with Gasteiger partial charge in [-0.3, -0.25) is 4.79 Å². The fraction of sp³-hybridized carbons (Fsp3) is 0.429. The van der Waals surface area contributed by atoms with E-state index in [9.17, 15) is 4.79 Å². The van der Waals surface area contributed by atoms with Crippen LogP contribution in [-0.4, -0.2) is 42.6 Å². The number of carbonyl (C=O) groups excluding carboxylic acids is 1. The van der Waals surface area contributed by atoms with E-state index in [1.807, 2.05) is 23.1 Å². The van der Waals surface area contributed by atoms with E-state index in [1.165, 1.54) is 6.42 Å². The van der Waals surface area contributed by atoms with Crippen LogP contribution in [0.15, 0.2) is 36.5 Å². The van der Waals surface area contributed by atoms with Crippen molar-refractivity contribution in [2.24, 2.45) is 0 Å². The highest BCUT2D eigenvalue weighted by atomic mass is 16.5. The lowest BCUT2D eigenvalue weighted by Gasteiger charge is -2.35. The Morgan fingerprint density at radius 2 is 2.00 bits per heavy atom. The Morgan fingerprint density at radius 1 is 1.19 bits per heavy atom. The number of amides is 1. The summed E-state index contributed by atoms with van der Waals surface area (Å²) in [6, 6.07) is 9.48. The molecule has 6 heteroatoms. The number of nitrogens with zero attached hydrogens (tertiary/aromatic N) is 2. The van der Waals surface area contributed by atoms with Crippen LogP contribution in [0.3, 0.4) is 0 Å². The molecule has 0 saturated carbocycles. The molecule has 0 aliphatic carbocycles. The smallest absolute Gasteiger partial charge is 0.254 e. The topological polar surface area (TPSA) is 63.7 Å². The van der Waals surface area contributed by atoms with Gasteiger partial charge in [-0.1, -0.05) is 6.92 Å². The monoisotopic (exact) mass is 369 g/mol. The van der Waals surface area contributed by atoms with Crippen molar-refractivity contribution in [2.75, 3.05) is 26.1 Å². The number of hydrogen-bond donors (Lipinski definition) is 1. The third-order valence-corrected chi connectivity index (χ3v) is 5.02. The Balaban J connectivity index is 1.78. The quantitative estimate of drug-likeness (QED) is 0.825. The molecule has 2 aromatic rings. The first kappa shape index (κ1) is 19.0. The summed E-state index contributed by atoms with van der Waals surface area (Å²) in [5.74, 6) is 2.00. The van der Waals surface area contributed by atoms with Gasteiger partial charge in [0.15, 0.2) is 11.5 Å². The molecule has 2 heterocycles. The van der Waals surface area contributed by atoms with Crippen molar-refractivity contribution in [2.45, 2.75) is 38.6 Å². The standard InChI is InChI=1S/C21H27N3O3/c1-4-17-7-5-6-12-24(17)21(25)15-10-11-22-20(13-15)23-16-8-9-18(26-2)19(14-16)27-3/h8-11,13-14,17H,4-7,12H2,1-3H3,(H,22,23). The van der Waals surface area contributed by atoms with E-state index in [0.29, 0.717) is 28.9 Å². The highest BCUT2D eigenvalue weighted by molar-refractivity contribution is 5.95. The van der Waals surface area contributed by atoms with Gasteiger partial charge in [-0.15, -0.1) is 0 Å². The van der Waals surface area contributed by atoms with Crippen LogP contribution in [-0.2, 0) is 0 Å². The van der Waals surface area contributed by atoms with Gasteiger partial charge < -0.3 is 19.7 Å². The van der Waals surface area contributed by atoms with Crippen LogP contribution in [0.4, 0.5) is 11.5 Å². The van der Waals surface area contributed by atoms with Gasteiger partial charge >= 0.3 is 0 Å². The van der Waals surface area contributed by atoms with Gasteiger partial charge in [0.1, 0.15) is 5.82 Å². The Labute approximate surface area is 160 Å². The molecule has 1 aromatic heterocycles. The molecule has 0 bridgehead atoms. The first-order valence-corrected chi connectivity index (χ1v) is 9.42. The van der Waals surface area contributed by atoms with Crippen molar-refractivity contribution in [3.05, 3.63) is 42.1 Å². The molecule has 1 unspecified atom stereocenters. The lowest BCUT2D eigenvalue weighted by atomic mass is 9.99. The fourth-order valence-corrected chi connectivity index (χ4v) is 3.55. The Hall–Kier alpha value is -2.76. The van der Waals surface area contributed by atoms with Gasteiger partial charge in [-0.05, 0) is 49.9 Å². The predicted octanol–water partition coefficient (Wildman–Crippen LogP) is 4.25. The van der Waals surface area contributed by atoms with E-state index in [1.54, 1.807) is 32.5 Å². The van der Waals surface area contributed by atoms with Crippen molar-refractivity contribution in [1.29, 1.82) is 0 Å². The Bertz CT molecular complexity index is 794. The van der Waals surface area contributed by atoms with Gasteiger partial charge in [0.25, 0.3) is 5.91 Å². The molecule has 1 aliphatic rings. The largest absolute Gasteiger partial charge is 0.493 e. The van der Waals surface area contributed by atoms with E-state index >= 15 is 0 Å². The first-order chi connectivity index (χ1) is 13.2. The Morgan fingerprint density at radius 3 is 2.74 bits per heavy atom. The van der Waals surface area contributed by atoms with Gasteiger partial charge in [0, 0.05) is 36.1 Å². The number of rotatable bonds is 6. The molecule has 1 fully saturated rings. The minimum Gasteiger partial charge on any atom is -0.493 e. The number of pyridine rings is 1. The minimum absolute atomic E-state index is 0.0827. The second-order valence-corrected chi connectivity index (χ2v) is 6.68. The van der Waals surface area contributed by atoms with Crippen LogP contribution in [0.25, 0.3) is 0 Å². The highest BCUT2D eigenvalue weighted by Crippen LogP contribution is 2.31. The van der Waals surface area contributed by atoms with E-state index in [0.717, 1.165) is 31.5 Å². The van der Waals surface area contributed by atoms with Crippen LogP contribution < -0.4 is 14.8 Å². The fourth-order valence-electron chi connectivity index (χ4n) is 3.55. The SMILES string of the molecule is CCC1CCCCN1C(=O)c1ccnc(Nc2ccc(OC)c(OC)c2)c1. The number of anilines is 2. The minimum atomic E-state index is 0.0827. The molecule has 1 N–H and O–H groups in total. The van der Waals surface area contributed by atoms with E-state index in [-0.39, 0.29) is 5.91 Å². The van der Waals surface area contributed by atoms with Gasteiger partial charge in [-0.2, -0.15) is 0 Å².